The Balaban J connectivity index is 1.31. The smallest absolute Gasteiger partial charge is 0.322 e. The summed E-state index contributed by atoms with van der Waals surface area (Å²) in [4.78, 5) is 33.3. The summed E-state index contributed by atoms with van der Waals surface area (Å²) in [6.45, 7) is 3.87. The van der Waals surface area contributed by atoms with Gasteiger partial charge in [0.05, 0.1) is 6.54 Å². The largest absolute Gasteiger partial charge is 0.357 e. The molecule has 5 rings (SSSR count). The summed E-state index contributed by atoms with van der Waals surface area (Å²) in [5.41, 5.74) is 5.40. The molecule has 0 aliphatic carbocycles. The molecule has 3 aromatic rings. The second-order valence-corrected chi connectivity index (χ2v) is 8.29. The number of benzene rings is 2. The quantitative estimate of drug-likeness (QED) is 0.679. The standard InChI is InChI=1S/C24H26N4O2/c1-16-6-4-7-17(14-16)25-24(30)28-12-5-10-22(28)23(29)27-13-11-19-18-8-2-3-9-20(18)26-21(19)15-27/h2-4,6-9,14,22,26H,5,10-13,15H2,1H3,(H,25,30)/t22-/m0/s1. The molecular formula is C24H26N4O2. The fraction of sp³-hybridized carbons (Fsp3) is 0.333. The molecule has 1 fully saturated rings. The Morgan fingerprint density at radius 3 is 2.83 bits per heavy atom. The SMILES string of the molecule is Cc1cccc(NC(=O)N2CCC[C@H]2C(=O)N2CCc3c([nH]c4ccccc34)C2)c1. The Labute approximate surface area is 175 Å². The molecule has 2 aliphatic heterocycles. The van der Waals surface area contributed by atoms with Crippen LogP contribution in [0.5, 0.6) is 0 Å². The zero-order valence-corrected chi connectivity index (χ0v) is 17.1. The van der Waals surface area contributed by atoms with Gasteiger partial charge in [0.25, 0.3) is 0 Å². The van der Waals surface area contributed by atoms with Crippen LogP contribution in [0.15, 0.2) is 48.5 Å². The molecule has 0 unspecified atom stereocenters. The van der Waals surface area contributed by atoms with Crippen molar-refractivity contribution < 1.29 is 9.59 Å². The van der Waals surface area contributed by atoms with Gasteiger partial charge in [-0.2, -0.15) is 0 Å². The minimum Gasteiger partial charge on any atom is -0.357 e. The molecule has 1 aromatic heterocycles. The lowest BCUT2D eigenvalue weighted by Gasteiger charge is -2.32. The number of fused-ring (bicyclic) bond motifs is 3. The van der Waals surface area contributed by atoms with Crippen molar-refractivity contribution in [3.63, 3.8) is 0 Å². The predicted octanol–water partition coefficient (Wildman–Crippen LogP) is 4.06. The average molecular weight is 402 g/mol. The molecule has 2 N–H and O–H groups in total. The number of H-pyrrole nitrogens is 1. The number of nitrogens with one attached hydrogen (secondary N) is 2. The first-order valence-electron chi connectivity index (χ1n) is 10.6. The molecule has 0 bridgehead atoms. The van der Waals surface area contributed by atoms with Gasteiger partial charge in [-0.25, -0.2) is 4.79 Å². The van der Waals surface area contributed by atoms with E-state index in [-0.39, 0.29) is 18.0 Å². The summed E-state index contributed by atoms with van der Waals surface area (Å²) in [7, 11) is 0. The normalized spacial score (nSPS) is 18.5. The van der Waals surface area contributed by atoms with Crippen molar-refractivity contribution in [1.29, 1.82) is 0 Å². The molecule has 2 aromatic carbocycles. The number of hydrogen-bond donors (Lipinski definition) is 2. The van der Waals surface area contributed by atoms with E-state index in [1.807, 2.05) is 42.2 Å². The number of carbonyl (C=O) groups excluding carboxylic acids is 2. The molecule has 0 radical (unpaired) electrons. The van der Waals surface area contributed by atoms with Crippen LogP contribution in [-0.4, -0.2) is 45.9 Å². The van der Waals surface area contributed by atoms with Crippen molar-refractivity contribution >= 4 is 28.5 Å². The van der Waals surface area contributed by atoms with Crippen LogP contribution in [0, 0.1) is 6.92 Å². The van der Waals surface area contributed by atoms with Crippen LogP contribution < -0.4 is 5.32 Å². The molecule has 30 heavy (non-hydrogen) atoms. The van der Waals surface area contributed by atoms with E-state index in [0.29, 0.717) is 19.6 Å². The topological polar surface area (TPSA) is 68.4 Å². The summed E-state index contributed by atoms with van der Waals surface area (Å²) in [6.07, 6.45) is 2.41. The van der Waals surface area contributed by atoms with E-state index in [1.165, 1.54) is 10.9 Å². The Bertz CT molecular complexity index is 1120. The van der Waals surface area contributed by atoms with E-state index in [1.54, 1.807) is 4.90 Å². The molecule has 3 heterocycles. The summed E-state index contributed by atoms with van der Waals surface area (Å²) in [6, 6.07) is 15.4. The van der Waals surface area contributed by atoms with Crippen molar-refractivity contribution in [2.45, 2.75) is 38.8 Å². The molecule has 6 heteroatoms. The van der Waals surface area contributed by atoms with Crippen LogP contribution in [0.3, 0.4) is 0 Å². The van der Waals surface area contributed by atoms with Gasteiger partial charge in [0.1, 0.15) is 6.04 Å². The molecule has 1 saturated heterocycles. The van der Waals surface area contributed by atoms with Crippen molar-refractivity contribution in [3.8, 4) is 0 Å². The van der Waals surface area contributed by atoms with Crippen molar-refractivity contribution in [1.82, 2.24) is 14.8 Å². The lowest BCUT2D eigenvalue weighted by Crippen LogP contribution is -2.50. The Morgan fingerprint density at radius 2 is 1.97 bits per heavy atom. The predicted molar refractivity (Wildman–Crippen MR) is 117 cm³/mol. The fourth-order valence-corrected chi connectivity index (χ4v) is 4.78. The second-order valence-electron chi connectivity index (χ2n) is 8.29. The van der Waals surface area contributed by atoms with E-state index < -0.39 is 0 Å². The zero-order valence-electron chi connectivity index (χ0n) is 17.1. The fourth-order valence-electron chi connectivity index (χ4n) is 4.78. The number of carbonyl (C=O) groups is 2. The Hall–Kier alpha value is -3.28. The number of amides is 3. The summed E-state index contributed by atoms with van der Waals surface area (Å²) in [5.74, 6) is 0.0520. The highest BCUT2D eigenvalue weighted by Crippen LogP contribution is 2.29. The summed E-state index contributed by atoms with van der Waals surface area (Å²) in [5, 5.41) is 4.21. The highest BCUT2D eigenvalue weighted by atomic mass is 16.2. The lowest BCUT2D eigenvalue weighted by molar-refractivity contribution is -0.136. The number of hydrogen-bond acceptors (Lipinski definition) is 2. The van der Waals surface area contributed by atoms with E-state index in [0.717, 1.165) is 41.7 Å². The monoisotopic (exact) mass is 402 g/mol. The average Bonchev–Trinajstić information content (AvgIpc) is 3.37. The number of nitrogens with zero attached hydrogens (tertiary/aromatic N) is 2. The van der Waals surface area contributed by atoms with E-state index >= 15 is 0 Å². The van der Waals surface area contributed by atoms with Gasteiger partial charge in [-0.05, 0) is 55.5 Å². The van der Waals surface area contributed by atoms with Gasteiger partial charge < -0.3 is 20.1 Å². The van der Waals surface area contributed by atoms with Gasteiger partial charge in [-0.15, -0.1) is 0 Å². The number of aryl methyl sites for hydroxylation is 1. The van der Waals surface area contributed by atoms with Gasteiger partial charge in [0.15, 0.2) is 0 Å². The van der Waals surface area contributed by atoms with E-state index in [4.69, 9.17) is 0 Å². The third-order valence-electron chi connectivity index (χ3n) is 6.26. The maximum absolute atomic E-state index is 13.3. The molecular weight excluding hydrogens is 376 g/mol. The van der Waals surface area contributed by atoms with Crippen molar-refractivity contribution in [2.75, 3.05) is 18.4 Å². The van der Waals surface area contributed by atoms with Gasteiger partial charge in [0, 0.05) is 35.4 Å². The third kappa shape index (κ3) is 3.32. The summed E-state index contributed by atoms with van der Waals surface area (Å²) < 4.78 is 0. The van der Waals surface area contributed by atoms with Crippen LogP contribution in [0.2, 0.25) is 0 Å². The van der Waals surface area contributed by atoms with Gasteiger partial charge >= 0.3 is 6.03 Å². The maximum atomic E-state index is 13.3. The van der Waals surface area contributed by atoms with Gasteiger partial charge in [0.2, 0.25) is 5.91 Å². The minimum absolute atomic E-state index is 0.0520. The first-order chi connectivity index (χ1) is 14.6. The Kier molecular flexibility index (Phi) is 4.69. The lowest BCUT2D eigenvalue weighted by atomic mass is 10.0. The number of rotatable bonds is 2. The van der Waals surface area contributed by atoms with Crippen molar-refractivity contribution in [3.05, 3.63) is 65.4 Å². The number of likely N-dealkylation sites (tertiary alicyclic amines) is 1. The maximum Gasteiger partial charge on any atom is 0.322 e. The van der Waals surface area contributed by atoms with Gasteiger partial charge in [-0.3, -0.25) is 4.79 Å². The van der Waals surface area contributed by atoms with Crippen LogP contribution in [0.4, 0.5) is 10.5 Å². The van der Waals surface area contributed by atoms with Crippen LogP contribution in [0.25, 0.3) is 10.9 Å². The summed E-state index contributed by atoms with van der Waals surface area (Å²) >= 11 is 0. The zero-order chi connectivity index (χ0) is 20.7. The molecule has 3 amide bonds. The first kappa shape index (κ1) is 18.7. The number of para-hydroxylation sites is 1. The van der Waals surface area contributed by atoms with Crippen LogP contribution >= 0.6 is 0 Å². The molecule has 2 aliphatic rings. The van der Waals surface area contributed by atoms with Crippen LogP contribution in [-0.2, 0) is 17.8 Å². The van der Waals surface area contributed by atoms with Crippen LogP contribution in [0.1, 0.15) is 29.7 Å². The van der Waals surface area contributed by atoms with E-state index in [2.05, 4.69) is 28.5 Å². The number of urea groups is 1. The highest BCUT2D eigenvalue weighted by molar-refractivity contribution is 5.94. The first-order valence-corrected chi connectivity index (χ1v) is 10.6. The molecule has 1 atom stereocenters. The van der Waals surface area contributed by atoms with Crippen molar-refractivity contribution in [2.24, 2.45) is 0 Å². The molecule has 154 valence electrons. The molecule has 6 nitrogen and oxygen atoms in total. The second kappa shape index (κ2) is 7.52. The molecule has 0 spiro atoms. The van der Waals surface area contributed by atoms with E-state index in [9.17, 15) is 9.59 Å². The Morgan fingerprint density at radius 1 is 1.10 bits per heavy atom. The number of aromatic amines is 1. The highest BCUT2D eigenvalue weighted by Gasteiger charge is 2.37. The van der Waals surface area contributed by atoms with Gasteiger partial charge in [-0.1, -0.05) is 30.3 Å². The third-order valence-corrected chi connectivity index (χ3v) is 6.26. The molecule has 0 saturated carbocycles. The minimum atomic E-state index is -0.388. The number of aromatic nitrogens is 1. The number of anilines is 1.